The first-order valence-electron chi connectivity index (χ1n) is 9.78. The third-order valence-corrected chi connectivity index (χ3v) is 6.74. The van der Waals surface area contributed by atoms with Crippen molar-refractivity contribution in [1.29, 1.82) is 0 Å². The molecule has 0 saturated carbocycles. The maximum absolute atomic E-state index is 13.5. The molecule has 0 saturated heterocycles. The Morgan fingerprint density at radius 3 is 2.71 bits per heavy atom. The van der Waals surface area contributed by atoms with Crippen LogP contribution in [-0.2, 0) is 9.53 Å². The molecule has 3 heterocycles. The number of hydrogen-bond donors (Lipinski definition) is 0. The summed E-state index contributed by atoms with van der Waals surface area (Å²) in [7, 11) is 2.92. The zero-order valence-electron chi connectivity index (χ0n) is 17.2. The highest BCUT2D eigenvalue weighted by Crippen LogP contribution is 2.47. The number of rotatable bonds is 3. The zero-order valence-corrected chi connectivity index (χ0v) is 18.0. The molecule has 1 aromatic heterocycles. The SMILES string of the molecule is COC(=O)C1C2c3ccccc3OC1(C)N=c1s/c(=C\c3ccccc3OC)c(=O)n12. The van der Waals surface area contributed by atoms with Crippen molar-refractivity contribution >= 4 is 23.4 Å². The van der Waals surface area contributed by atoms with Gasteiger partial charge < -0.3 is 14.2 Å². The molecule has 3 unspecified atom stereocenters. The molecule has 2 aliphatic rings. The van der Waals surface area contributed by atoms with Crippen LogP contribution in [0.3, 0.4) is 0 Å². The standard InChI is InChI=1S/C23H20N2O5S/c1-23-18(21(27)29-3)19(14-9-5-7-11-16(14)30-23)25-20(26)17(31-22(25)24-23)12-13-8-4-6-10-15(13)28-2/h4-12,18-19H,1-3H3/b17-12-. The summed E-state index contributed by atoms with van der Waals surface area (Å²) >= 11 is 1.27. The number of esters is 1. The van der Waals surface area contributed by atoms with Crippen LogP contribution in [0.5, 0.6) is 11.5 Å². The van der Waals surface area contributed by atoms with Gasteiger partial charge in [-0.3, -0.25) is 14.2 Å². The van der Waals surface area contributed by atoms with Gasteiger partial charge in [0.05, 0.1) is 24.8 Å². The lowest BCUT2D eigenvalue weighted by atomic mass is 9.81. The van der Waals surface area contributed by atoms with E-state index in [1.54, 1.807) is 24.7 Å². The fourth-order valence-corrected chi connectivity index (χ4v) is 5.45. The van der Waals surface area contributed by atoms with Crippen molar-refractivity contribution in [3.05, 3.63) is 79.3 Å². The maximum atomic E-state index is 13.5. The zero-order chi connectivity index (χ0) is 21.8. The lowest BCUT2D eigenvalue weighted by molar-refractivity contribution is -0.158. The molecule has 0 N–H and O–H groups in total. The molecule has 8 heteroatoms. The number of methoxy groups -OCH3 is 2. The van der Waals surface area contributed by atoms with Gasteiger partial charge in [0.2, 0.25) is 5.72 Å². The first kappa shape index (κ1) is 19.6. The van der Waals surface area contributed by atoms with E-state index in [-0.39, 0.29) is 5.56 Å². The van der Waals surface area contributed by atoms with Gasteiger partial charge in [0.1, 0.15) is 17.4 Å². The van der Waals surface area contributed by atoms with Crippen LogP contribution in [0.15, 0.2) is 58.3 Å². The van der Waals surface area contributed by atoms with Crippen molar-refractivity contribution in [2.45, 2.75) is 18.7 Å². The molecular formula is C23H20N2O5S. The first-order valence-corrected chi connectivity index (χ1v) is 10.6. The number of thiazole rings is 1. The minimum Gasteiger partial charge on any atom is -0.496 e. The van der Waals surface area contributed by atoms with Crippen LogP contribution >= 0.6 is 11.3 Å². The van der Waals surface area contributed by atoms with Crippen LogP contribution in [0.2, 0.25) is 0 Å². The molecule has 5 rings (SSSR count). The highest BCUT2D eigenvalue weighted by molar-refractivity contribution is 7.07. The fraction of sp³-hybridized carbons (Fsp3) is 0.261. The Kier molecular flexibility index (Phi) is 4.48. The summed E-state index contributed by atoms with van der Waals surface area (Å²) in [6.07, 6.45) is 1.79. The van der Waals surface area contributed by atoms with Crippen LogP contribution in [0.25, 0.3) is 6.08 Å². The molecule has 0 amide bonds. The molecular weight excluding hydrogens is 416 g/mol. The van der Waals surface area contributed by atoms with Crippen molar-refractivity contribution < 1.29 is 19.0 Å². The van der Waals surface area contributed by atoms with Gasteiger partial charge in [0.15, 0.2) is 4.80 Å². The number of nitrogens with zero attached hydrogens (tertiary/aromatic N) is 2. The Morgan fingerprint density at radius 2 is 1.94 bits per heavy atom. The Bertz CT molecular complexity index is 1380. The third-order valence-electron chi connectivity index (χ3n) is 5.76. The second-order valence-electron chi connectivity index (χ2n) is 7.56. The van der Waals surface area contributed by atoms with Crippen LogP contribution in [0.1, 0.15) is 24.1 Å². The molecule has 0 spiro atoms. The lowest BCUT2D eigenvalue weighted by Gasteiger charge is -2.44. The quantitative estimate of drug-likeness (QED) is 0.586. The van der Waals surface area contributed by atoms with E-state index in [1.165, 1.54) is 18.4 Å². The molecule has 158 valence electrons. The van der Waals surface area contributed by atoms with Crippen molar-refractivity contribution in [3.63, 3.8) is 0 Å². The normalized spacial score (nSPS) is 23.8. The molecule has 2 aliphatic heterocycles. The highest BCUT2D eigenvalue weighted by atomic mass is 32.1. The first-order chi connectivity index (χ1) is 15.0. The number of hydrogen-bond acceptors (Lipinski definition) is 7. The number of aromatic nitrogens is 1. The molecule has 2 aromatic carbocycles. The Hall–Kier alpha value is -3.39. The van der Waals surface area contributed by atoms with Gasteiger partial charge in [0, 0.05) is 11.1 Å². The summed E-state index contributed by atoms with van der Waals surface area (Å²) in [5, 5.41) is 0. The van der Waals surface area contributed by atoms with E-state index in [4.69, 9.17) is 19.2 Å². The predicted octanol–water partition coefficient (Wildman–Crippen LogP) is 1.87. The molecule has 0 radical (unpaired) electrons. The van der Waals surface area contributed by atoms with Gasteiger partial charge in [-0.15, -0.1) is 0 Å². The van der Waals surface area contributed by atoms with Gasteiger partial charge in [0.25, 0.3) is 5.56 Å². The van der Waals surface area contributed by atoms with Crippen LogP contribution in [-0.4, -0.2) is 30.5 Å². The van der Waals surface area contributed by atoms with E-state index < -0.39 is 23.7 Å². The molecule has 7 nitrogen and oxygen atoms in total. The largest absolute Gasteiger partial charge is 0.496 e. The van der Waals surface area contributed by atoms with Gasteiger partial charge in [-0.05, 0) is 25.1 Å². The monoisotopic (exact) mass is 436 g/mol. The summed E-state index contributed by atoms with van der Waals surface area (Å²) in [6.45, 7) is 1.76. The van der Waals surface area contributed by atoms with E-state index in [1.807, 2.05) is 48.5 Å². The molecule has 0 fully saturated rings. The van der Waals surface area contributed by atoms with Gasteiger partial charge in [-0.1, -0.05) is 47.7 Å². The molecule has 3 aromatic rings. The van der Waals surface area contributed by atoms with Gasteiger partial charge >= 0.3 is 5.97 Å². The number of carbonyl (C=O) groups excluding carboxylic acids is 1. The van der Waals surface area contributed by atoms with E-state index in [0.29, 0.717) is 20.8 Å². The number of para-hydroxylation sites is 2. The third kappa shape index (κ3) is 2.90. The molecule has 3 atom stereocenters. The van der Waals surface area contributed by atoms with Crippen molar-refractivity contribution in [3.8, 4) is 11.5 Å². The van der Waals surface area contributed by atoms with Crippen molar-refractivity contribution in [1.82, 2.24) is 4.57 Å². The van der Waals surface area contributed by atoms with E-state index in [0.717, 1.165) is 11.1 Å². The Morgan fingerprint density at radius 1 is 1.19 bits per heavy atom. The van der Waals surface area contributed by atoms with E-state index in [9.17, 15) is 9.59 Å². The number of carbonyl (C=O) groups is 1. The lowest BCUT2D eigenvalue weighted by Crippen LogP contribution is -2.58. The van der Waals surface area contributed by atoms with Gasteiger partial charge in [-0.2, -0.15) is 0 Å². The minimum atomic E-state index is -1.18. The topological polar surface area (TPSA) is 79.1 Å². The summed E-state index contributed by atoms with van der Waals surface area (Å²) < 4.78 is 18.8. The second-order valence-corrected chi connectivity index (χ2v) is 8.57. The molecule has 31 heavy (non-hydrogen) atoms. The highest BCUT2D eigenvalue weighted by Gasteiger charge is 2.55. The minimum absolute atomic E-state index is 0.215. The average Bonchev–Trinajstić information content (AvgIpc) is 3.06. The van der Waals surface area contributed by atoms with Gasteiger partial charge in [-0.25, -0.2) is 4.99 Å². The van der Waals surface area contributed by atoms with Crippen LogP contribution in [0, 0.1) is 5.92 Å². The number of benzene rings is 2. The maximum Gasteiger partial charge on any atom is 0.317 e. The smallest absolute Gasteiger partial charge is 0.317 e. The van der Waals surface area contributed by atoms with E-state index in [2.05, 4.69) is 0 Å². The van der Waals surface area contributed by atoms with E-state index >= 15 is 0 Å². The fourth-order valence-electron chi connectivity index (χ4n) is 4.36. The molecule has 0 aliphatic carbocycles. The number of fused-ring (bicyclic) bond motifs is 6. The van der Waals surface area contributed by atoms with Crippen LogP contribution < -0.4 is 24.4 Å². The summed E-state index contributed by atoms with van der Waals surface area (Å²) in [5.74, 6) is 0.0241. The predicted molar refractivity (Wildman–Crippen MR) is 115 cm³/mol. The molecule has 2 bridgehead atoms. The second kappa shape index (κ2) is 7.09. The van der Waals surface area contributed by atoms with Crippen LogP contribution in [0.4, 0.5) is 0 Å². The Labute approximate surface area is 181 Å². The average molecular weight is 436 g/mol. The Balaban J connectivity index is 1.80. The number of ether oxygens (including phenoxy) is 3. The summed E-state index contributed by atoms with van der Waals surface area (Å²) in [4.78, 5) is 31.6. The van der Waals surface area contributed by atoms with Crippen molar-refractivity contribution in [2.24, 2.45) is 10.9 Å². The summed E-state index contributed by atoms with van der Waals surface area (Å²) in [5.41, 5.74) is 0.157. The summed E-state index contributed by atoms with van der Waals surface area (Å²) in [6, 6.07) is 14.3. The van der Waals surface area contributed by atoms with Crippen molar-refractivity contribution in [2.75, 3.05) is 14.2 Å².